The van der Waals surface area contributed by atoms with Gasteiger partial charge in [0.1, 0.15) is 0 Å². The number of hydrogen-bond donors (Lipinski definition) is 4. The first-order chi connectivity index (χ1) is 8.70. The van der Waals surface area contributed by atoms with E-state index in [0.29, 0.717) is 16.8 Å². The molecule has 7 nitrogen and oxygen atoms in total. The van der Waals surface area contributed by atoms with Crippen LogP contribution in [0.25, 0.3) is 0 Å². The second kappa shape index (κ2) is 5.00. The monoisotopic (exact) mass is 245 g/mol. The molecule has 1 aromatic carbocycles. The third-order valence-electron chi connectivity index (χ3n) is 2.28. The molecule has 0 fully saturated rings. The number of nitrogens with zero attached hydrogens (tertiary/aromatic N) is 2. The summed E-state index contributed by atoms with van der Waals surface area (Å²) >= 11 is 0. The van der Waals surface area contributed by atoms with Gasteiger partial charge in [0.05, 0.1) is 11.8 Å². The first-order valence-electron chi connectivity index (χ1n) is 5.09. The number of carbonyl (C=O) groups is 1. The number of anilines is 1. The molecular formula is C11H11N5O2. The number of aromatic amines is 1. The number of carbonyl (C=O) groups excluding carboxylic acids is 1. The Morgan fingerprint density at radius 3 is 2.94 bits per heavy atom. The zero-order chi connectivity index (χ0) is 13.0. The summed E-state index contributed by atoms with van der Waals surface area (Å²) in [7, 11) is 0. The van der Waals surface area contributed by atoms with Crippen molar-refractivity contribution < 1.29 is 10.0 Å². The fraction of sp³-hybridized carbons (Fsp3) is 0. The van der Waals surface area contributed by atoms with Gasteiger partial charge < -0.3 is 16.3 Å². The van der Waals surface area contributed by atoms with Crippen molar-refractivity contribution in [2.24, 2.45) is 10.9 Å². The average molecular weight is 245 g/mol. The number of aromatic nitrogens is 2. The van der Waals surface area contributed by atoms with Gasteiger partial charge in [-0.2, -0.15) is 5.10 Å². The van der Waals surface area contributed by atoms with E-state index in [1.54, 1.807) is 24.3 Å². The summed E-state index contributed by atoms with van der Waals surface area (Å²) < 4.78 is 0. The van der Waals surface area contributed by atoms with Crippen LogP contribution < -0.4 is 11.1 Å². The minimum absolute atomic E-state index is 0.0191. The highest BCUT2D eigenvalue weighted by Crippen LogP contribution is 2.11. The Morgan fingerprint density at radius 1 is 1.44 bits per heavy atom. The molecule has 0 spiro atoms. The van der Waals surface area contributed by atoms with Crippen LogP contribution in [0, 0.1) is 0 Å². The second-order valence-electron chi connectivity index (χ2n) is 3.51. The quantitative estimate of drug-likeness (QED) is 0.276. The molecular weight excluding hydrogens is 234 g/mol. The summed E-state index contributed by atoms with van der Waals surface area (Å²) in [6, 6.07) is 6.67. The van der Waals surface area contributed by atoms with Crippen LogP contribution in [-0.2, 0) is 0 Å². The summed E-state index contributed by atoms with van der Waals surface area (Å²) in [5.74, 6) is -0.310. The van der Waals surface area contributed by atoms with E-state index in [1.807, 2.05) is 0 Å². The Bertz CT molecular complexity index is 577. The fourth-order valence-electron chi connectivity index (χ4n) is 1.39. The number of hydrogen-bond acceptors (Lipinski definition) is 4. The largest absolute Gasteiger partial charge is 0.409 e. The Hall–Kier alpha value is -2.83. The third-order valence-corrected chi connectivity index (χ3v) is 2.28. The third kappa shape index (κ3) is 2.46. The molecule has 18 heavy (non-hydrogen) atoms. The van der Waals surface area contributed by atoms with Crippen molar-refractivity contribution in [2.75, 3.05) is 5.32 Å². The smallest absolute Gasteiger partial charge is 0.258 e. The van der Waals surface area contributed by atoms with E-state index in [9.17, 15) is 4.79 Å². The second-order valence-corrected chi connectivity index (χ2v) is 3.51. The molecule has 1 heterocycles. The van der Waals surface area contributed by atoms with Crippen molar-refractivity contribution in [3.05, 3.63) is 47.8 Å². The molecule has 2 aromatic rings. The lowest BCUT2D eigenvalue weighted by Gasteiger charge is -2.05. The van der Waals surface area contributed by atoms with Crippen molar-refractivity contribution in [1.82, 2.24) is 10.2 Å². The van der Waals surface area contributed by atoms with Gasteiger partial charge in [0.25, 0.3) is 5.91 Å². The minimum Gasteiger partial charge on any atom is -0.409 e. The Morgan fingerprint density at radius 2 is 2.28 bits per heavy atom. The molecule has 0 aliphatic rings. The molecule has 1 amide bonds. The SMILES string of the molecule is NC(=NO)c1cccc(NC(=O)c2cn[nH]c2)c1. The lowest BCUT2D eigenvalue weighted by atomic mass is 10.2. The van der Waals surface area contributed by atoms with Gasteiger partial charge in [-0.05, 0) is 12.1 Å². The maximum Gasteiger partial charge on any atom is 0.258 e. The number of nitrogens with one attached hydrogen (secondary N) is 2. The molecule has 7 heteroatoms. The lowest BCUT2D eigenvalue weighted by molar-refractivity contribution is 0.102. The van der Waals surface area contributed by atoms with Crippen LogP contribution in [0.5, 0.6) is 0 Å². The van der Waals surface area contributed by atoms with Crippen LogP contribution in [0.4, 0.5) is 5.69 Å². The van der Waals surface area contributed by atoms with Gasteiger partial charge in [-0.1, -0.05) is 17.3 Å². The molecule has 0 atom stereocenters. The lowest BCUT2D eigenvalue weighted by Crippen LogP contribution is -2.15. The number of nitrogens with two attached hydrogens (primary N) is 1. The summed E-state index contributed by atoms with van der Waals surface area (Å²) in [5, 5.41) is 20.4. The summed E-state index contributed by atoms with van der Waals surface area (Å²) in [5.41, 5.74) is 6.94. The highest BCUT2D eigenvalue weighted by Gasteiger charge is 2.07. The number of rotatable bonds is 3. The molecule has 92 valence electrons. The molecule has 0 bridgehead atoms. The molecule has 0 saturated heterocycles. The van der Waals surface area contributed by atoms with Crippen molar-refractivity contribution in [1.29, 1.82) is 0 Å². The Labute approximate surface area is 102 Å². The van der Waals surface area contributed by atoms with Crippen LogP contribution >= 0.6 is 0 Å². The molecule has 0 aliphatic heterocycles. The van der Waals surface area contributed by atoms with Crippen LogP contribution in [-0.4, -0.2) is 27.1 Å². The zero-order valence-electron chi connectivity index (χ0n) is 9.29. The first kappa shape index (κ1) is 11.6. The normalized spacial score (nSPS) is 11.2. The maximum atomic E-state index is 11.7. The topological polar surface area (TPSA) is 116 Å². The standard InChI is InChI=1S/C11H11N5O2/c12-10(16-18)7-2-1-3-9(4-7)15-11(17)8-5-13-14-6-8/h1-6,18H,(H2,12,16)(H,13,14)(H,15,17). The predicted octanol–water partition coefficient (Wildman–Crippen LogP) is 0.756. The van der Waals surface area contributed by atoms with Gasteiger partial charge in [-0.25, -0.2) is 0 Å². The molecule has 0 radical (unpaired) electrons. The summed E-state index contributed by atoms with van der Waals surface area (Å²) in [4.78, 5) is 11.7. The Balaban J connectivity index is 2.17. The van der Waals surface area contributed by atoms with E-state index in [4.69, 9.17) is 10.9 Å². The van der Waals surface area contributed by atoms with Crippen LogP contribution in [0.1, 0.15) is 15.9 Å². The van der Waals surface area contributed by atoms with Gasteiger partial charge in [0, 0.05) is 17.4 Å². The molecule has 1 aromatic heterocycles. The minimum atomic E-state index is -0.291. The maximum absolute atomic E-state index is 11.7. The average Bonchev–Trinajstić information content (AvgIpc) is 2.92. The Kier molecular flexibility index (Phi) is 3.24. The summed E-state index contributed by atoms with van der Waals surface area (Å²) in [6.07, 6.45) is 2.91. The number of H-pyrrole nitrogens is 1. The van der Waals surface area contributed by atoms with Crippen LogP contribution in [0.2, 0.25) is 0 Å². The molecule has 2 rings (SSSR count). The van der Waals surface area contributed by atoms with Crippen LogP contribution in [0.3, 0.4) is 0 Å². The van der Waals surface area contributed by atoms with Crippen molar-refractivity contribution in [3.63, 3.8) is 0 Å². The molecule has 5 N–H and O–H groups in total. The van der Waals surface area contributed by atoms with Crippen LogP contribution in [0.15, 0.2) is 41.8 Å². The van der Waals surface area contributed by atoms with Gasteiger partial charge in [-0.15, -0.1) is 0 Å². The zero-order valence-corrected chi connectivity index (χ0v) is 9.29. The van der Waals surface area contributed by atoms with Gasteiger partial charge in [0.15, 0.2) is 5.84 Å². The molecule has 0 saturated carbocycles. The highest BCUT2D eigenvalue weighted by molar-refractivity contribution is 6.05. The van der Waals surface area contributed by atoms with E-state index in [0.717, 1.165) is 0 Å². The number of amides is 1. The molecule has 0 aliphatic carbocycles. The van der Waals surface area contributed by atoms with Gasteiger partial charge in [-0.3, -0.25) is 9.89 Å². The van der Waals surface area contributed by atoms with Gasteiger partial charge >= 0.3 is 0 Å². The fourth-order valence-corrected chi connectivity index (χ4v) is 1.39. The highest BCUT2D eigenvalue weighted by atomic mass is 16.4. The van der Waals surface area contributed by atoms with E-state index in [1.165, 1.54) is 12.4 Å². The summed E-state index contributed by atoms with van der Waals surface area (Å²) in [6.45, 7) is 0. The van der Waals surface area contributed by atoms with E-state index in [2.05, 4.69) is 20.7 Å². The van der Waals surface area contributed by atoms with Gasteiger partial charge in [0.2, 0.25) is 0 Å². The molecule has 0 unspecified atom stereocenters. The van der Waals surface area contributed by atoms with E-state index >= 15 is 0 Å². The number of amidine groups is 1. The van der Waals surface area contributed by atoms with E-state index in [-0.39, 0.29) is 11.7 Å². The van der Waals surface area contributed by atoms with E-state index < -0.39 is 0 Å². The van der Waals surface area contributed by atoms with Crippen molar-refractivity contribution in [3.8, 4) is 0 Å². The number of oxime groups is 1. The van der Waals surface area contributed by atoms with Crippen molar-refractivity contribution >= 4 is 17.4 Å². The number of benzene rings is 1. The predicted molar refractivity (Wildman–Crippen MR) is 65.5 cm³/mol. The van der Waals surface area contributed by atoms with Crippen molar-refractivity contribution in [2.45, 2.75) is 0 Å². The first-order valence-corrected chi connectivity index (χ1v) is 5.09.